The summed E-state index contributed by atoms with van der Waals surface area (Å²) in [4.78, 5) is 13.6. The lowest BCUT2D eigenvalue weighted by molar-refractivity contribution is -0.134. The van der Waals surface area contributed by atoms with Crippen LogP contribution >= 0.6 is 0 Å². The third-order valence-electron chi connectivity index (χ3n) is 7.07. The lowest BCUT2D eigenvalue weighted by atomic mass is 9.73. The van der Waals surface area contributed by atoms with Crippen LogP contribution in [0.1, 0.15) is 42.0 Å². The molecule has 1 aliphatic heterocycles. The predicted octanol–water partition coefficient (Wildman–Crippen LogP) is 4.94. The van der Waals surface area contributed by atoms with Crippen LogP contribution in [0.4, 0.5) is 0 Å². The number of rotatable bonds is 10. The van der Waals surface area contributed by atoms with Gasteiger partial charge >= 0.3 is 0 Å². The Morgan fingerprint density at radius 2 is 1.38 bits per heavy atom. The van der Waals surface area contributed by atoms with Crippen LogP contribution in [0.25, 0.3) is 0 Å². The molecule has 3 aromatic rings. The van der Waals surface area contributed by atoms with Gasteiger partial charge in [-0.15, -0.1) is 0 Å². The molecule has 0 spiro atoms. The molecule has 3 aromatic carbocycles. The fourth-order valence-electron chi connectivity index (χ4n) is 4.81. The molecule has 1 fully saturated rings. The minimum atomic E-state index is -0.363. The first-order valence-corrected chi connectivity index (χ1v) is 12.6. The molecule has 1 heterocycles. The van der Waals surface area contributed by atoms with Gasteiger partial charge in [-0.05, 0) is 54.4 Å². The average Bonchev–Trinajstić information content (AvgIpc) is 2.90. The topological polar surface area (TPSA) is 44.4 Å². The fourth-order valence-corrected chi connectivity index (χ4v) is 4.81. The number of amides is 1. The molecule has 2 N–H and O–H groups in total. The van der Waals surface area contributed by atoms with Crippen molar-refractivity contribution in [3.05, 3.63) is 107 Å². The van der Waals surface area contributed by atoms with E-state index in [-0.39, 0.29) is 11.3 Å². The molecule has 4 heteroatoms. The lowest BCUT2D eigenvalue weighted by Crippen LogP contribution is -2.53. The molecule has 0 unspecified atom stereocenters. The van der Waals surface area contributed by atoms with E-state index in [0.717, 1.165) is 51.7 Å². The van der Waals surface area contributed by atoms with Gasteiger partial charge in [0.1, 0.15) is 0 Å². The van der Waals surface area contributed by atoms with Gasteiger partial charge in [-0.3, -0.25) is 10.2 Å². The van der Waals surface area contributed by atoms with E-state index in [2.05, 4.69) is 95.5 Å². The number of nitrogens with zero attached hydrogens (tertiary/aromatic N) is 1. The van der Waals surface area contributed by atoms with E-state index >= 15 is 0 Å². The van der Waals surface area contributed by atoms with Crippen LogP contribution in [-0.2, 0) is 30.6 Å². The maximum atomic E-state index is 13.6. The third kappa shape index (κ3) is 6.55. The van der Waals surface area contributed by atoms with Crippen molar-refractivity contribution in [1.29, 1.82) is 0 Å². The molecule has 0 aromatic heterocycles. The number of hydrogen-bond acceptors (Lipinski definition) is 3. The van der Waals surface area contributed by atoms with E-state index in [9.17, 15) is 4.79 Å². The standard InChI is InChI=1S/C30H37N3O/c1-2-25-13-15-26(16-14-25)17-20-31-29(34)30(23-27-9-5-3-6-10-27)18-21-33(22-19-30)32-24-28-11-7-4-8-12-28/h3-16,32H,2,17-24H2,1H3,(H,31,34). The van der Waals surface area contributed by atoms with Crippen molar-refractivity contribution in [2.45, 2.75) is 45.6 Å². The SMILES string of the molecule is CCc1ccc(CCNC(=O)C2(Cc3ccccc3)CCN(NCc3ccccc3)CC2)cc1. The maximum Gasteiger partial charge on any atom is 0.226 e. The molecular formula is C30H37N3O. The molecular weight excluding hydrogens is 418 g/mol. The first-order valence-electron chi connectivity index (χ1n) is 12.6. The molecule has 1 saturated heterocycles. The van der Waals surface area contributed by atoms with Gasteiger partial charge in [0.05, 0.1) is 5.41 Å². The minimum absolute atomic E-state index is 0.198. The second-order valence-corrected chi connectivity index (χ2v) is 9.43. The molecule has 0 radical (unpaired) electrons. The van der Waals surface area contributed by atoms with Crippen molar-refractivity contribution in [3.8, 4) is 0 Å². The van der Waals surface area contributed by atoms with Crippen molar-refractivity contribution in [1.82, 2.24) is 15.8 Å². The van der Waals surface area contributed by atoms with E-state index in [1.807, 2.05) is 12.1 Å². The molecule has 4 rings (SSSR count). The number of hydrogen-bond donors (Lipinski definition) is 2. The van der Waals surface area contributed by atoms with E-state index in [1.165, 1.54) is 22.3 Å². The molecule has 178 valence electrons. The number of hydrazine groups is 1. The monoisotopic (exact) mass is 455 g/mol. The first-order chi connectivity index (χ1) is 16.7. The first kappa shape index (κ1) is 24.2. The number of piperidine rings is 1. The summed E-state index contributed by atoms with van der Waals surface area (Å²) >= 11 is 0. The zero-order chi connectivity index (χ0) is 23.6. The highest BCUT2D eigenvalue weighted by molar-refractivity contribution is 5.83. The van der Waals surface area contributed by atoms with Crippen LogP contribution in [0.2, 0.25) is 0 Å². The van der Waals surface area contributed by atoms with Crippen LogP contribution in [0.15, 0.2) is 84.9 Å². The highest BCUT2D eigenvalue weighted by Crippen LogP contribution is 2.35. The summed E-state index contributed by atoms with van der Waals surface area (Å²) in [6, 6.07) is 29.7. The van der Waals surface area contributed by atoms with E-state index < -0.39 is 0 Å². The second kappa shape index (κ2) is 12.0. The zero-order valence-electron chi connectivity index (χ0n) is 20.3. The highest BCUT2D eigenvalue weighted by atomic mass is 16.2. The van der Waals surface area contributed by atoms with Gasteiger partial charge in [0.2, 0.25) is 5.91 Å². The molecule has 0 aliphatic carbocycles. The number of benzene rings is 3. The molecule has 4 nitrogen and oxygen atoms in total. The Hall–Kier alpha value is -2.95. The Morgan fingerprint density at radius 3 is 2.00 bits per heavy atom. The van der Waals surface area contributed by atoms with Crippen LogP contribution < -0.4 is 10.7 Å². The van der Waals surface area contributed by atoms with Crippen molar-refractivity contribution < 1.29 is 4.79 Å². The summed E-state index contributed by atoms with van der Waals surface area (Å²) in [5, 5.41) is 5.56. The van der Waals surface area contributed by atoms with Gasteiger partial charge in [0.25, 0.3) is 0 Å². The Bertz CT molecular complexity index is 1010. The van der Waals surface area contributed by atoms with Gasteiger partial charge in [0, 0.05) is 26.2 Å². The third-order valence-corrected chi connectivity index (χ3v) is 7.07. The Kier molecular flexibility index (Phi) is 8.51. The zero-order valence-corrected chi connectivity index (χ0v) is 20.3. The number of carbonyl (C=O) groups is 1. The van der Waals surface area contributed by atoms with Crippen LogP contribution in [0, 0.1) is 5.41 Å². The number of nitrogens with one attached hydrogen (secondary N) is 2. The molecule has 1 amide bonds. The van der Waals surface area contributed by atoms with E-state index in [4.69, 9.17) is 0 Å². The Balaban J connectivity index is 1.35. The van der Waals surface area contributed by atoms with E-state index in [1.54, 1.807) is 0 Å². The van der Waals surface area contributed by atoms with Crippen molar-refractivity contribution >= 4 is 5.91 Å². The maximum absolute atomic E-state index is 13.6. The number of carbonyl (C=O) groups excluding carboxylic acids is 1. The normalized spacial score (nSPS) is 15.7. The van der Waals surface area contributed by atoms with E-state index in [0.29, 0.717) is 6.54 Å². The summed E-state index contributed by atoms with van der Waals surface area (Å²) in [5.41, 5.74) is 8.32. The van der Waals surface area contributed by atoms with Crippen LogP contribution in [0.5, 0.6) is 0 Å². The van der Waals surface area contributed by atoms with Gasteiger partial charge in [0.15, 0.2) is 0 Å². The summed E-state index contributed by atoms with van der Waals surface area (Å²) in [5.74, 6) is 0.198. The van der Waals surface area contributed by atoms with Crippen LogP contribution in [-0.4, -0.2) is 30.6 Å². The Labute approximate surface area is 204 Å². The lowest BCUT2D eigenvalue weighted by Gasteiger charge is -2.41. The smallest absolute Gasteiger partial charge is 0.226 e. The largest absolute Gasteiger partial charge is 0.355 e. The van der Waals surface area contributed by atoms with Gasteiger partial charge in [-0.1, -0.05) is 91.9 Å². The van der Waals surface area contributed by atoms with Gasteiger partial charge in [-0.2, -0.15) is 0 Å². The van der Waals surface area contributed by atoms with Gasteiger partial charge in [-0.25, -0.2) is 5.01 Å². The molecule has 34 heavy (non-hydrogen) atoms. The molecule has 0 atom stereocenters. The molecule has 0 bridgehead atoms. The van der Waals surface area contributed by atoms with Crippen LogP contribution in [0.3, 0.4) is 0 Å². The van der Waals surface area contributed by atoms with Gasteiger partial charge < -0.3 is 5.32 Å². The minimum Gasteiger partial charge on any atom is -0.355 e. The van der Waals surface area contributed by atoms with Crippen molar-refractivity contribution in [2.24, 2.45) is 5.41 Å². The van der Waals surface area contributed by atoms with Crippen molar-refractivity contribution in [3.63, 3.8) is 0 Å². The summed E-state index contributed by atoms with van der Waals surface area (Å²) in [6.07, 6.45) is 4.40. The summed E-state index contributed by atoms with van der Waals surface area (Å²) in [7, 11) is 0. The predicted molar refractivity (Wildman–Crippen MR) is 139 cm³/mol. The average molecular weight is 456 g/mol. The fraction of sp³-hybridized carbons (Fsp3) is 0.367. The Morgan fingerprint density at radius 1 is 0.794 bits per heavy atom. The second-order valence-electron chi connectivity index (χ2n) is 9.43. The summed E-state index contributed by atoms with van der Waals surface area (Å²) < 4.78 is 0. The molecule has 1 aliphatic rings. The summed E-state index contributed by atoms with van der Waals surface area (Å²) in [6.45, 7) is 5.40. The quantitative estimate of drug-likeness (QED) is 0.455. The van der Waals surface area contributed by atoms with Crippen molar-refractivity contribution in [2.75, 3.05) is 19.6 Å². The molecule has 0 saturated carbocycles. The number of aryl methyl sites for hydroxylation is 1. The highest BCUT2D eigenvalue weighted by Gasteiger charge is 2.41.